The van der Waals surface area contributed by atoms with E-state index in [-0.39, 0.29) is 0 Å². The zero-order valence-electron chi connectivity index (χ0n) is 10.1. The third-order valence-corrected chi connectivity index (χ3v) is 2.91. The molecule has 1 atom stereocenters. The number of rotatable bonds is 5. The Labute approximate surface area is 113 Å². The minimum atomic E-state index is -1.05. The monoisotopic (exact) mass is 315 g/mol. The van der Waals surface area contributed by atoms with Crippen molar-refractivity contribution < 1.29 is 19.4 Å². The summed E-state index contributed by atoms with van der Waals surface area (Å²) >= 11 is 3.27. The number of nitrogens with one attached hydrogen (secondary N) is 1. The third kappa shape index (κ3) is 3.46. The Bertz CT molecular complexity index is 461. The quantitative estimate of drug-likeness (QED) is 0.872. The highest BCUT2D eigenvalue weighted by Crippen LogP contribution is 2.23. The number of hydrogen-bond acceptors (Lipinski definition) is 3. The molecule has 18 heavy (non-hydrogen) atoms. The predicted octanol–water partition coefficient (Wildman–Crippen LogP) is 2.05. The smallest absolute Gasteiger partial charge is 0.326 e. The van der Waals surface area contributed by atoms with Crippen LogP contribution in [-0.4, -0.2) is 30.1 Å². The van der Waals surface area contributed by atoms with Gasteiger partial charge in [0.2, 0.25) is 0 Å². The first kappa shape index (κ1) is 14.5. The van der Waals surface area contributed by atoms with Gasteiger partial charge in [-0.2, -0.15) is 0 Å². The lowest BCUT2D eigenvalue weighted by Gasteiger charge is -2.14. The normalized spacial score (nSPS) is 11.7. The van der Waals surface area contributed by atoms with Gasteiger partial charge in [-0.3, -0.25) is 4.79 Å². The van der Waals surface area contributed by atoms with Crippen molar-refractivity contribution in [2.24, 2.45) is 0 Å². The Hall–Kier alpha value is -1.56. The van der Waals surface area contributed by atoms with Gasteiger partial charge >= 0.3 is 5.97 Å². The first-order chi connectivity index (χ1) is 8.49. The molecule has 0 aliphatic rings. The van der Waals surface area contributed by atoms with Crippen LogP contribution in [-0.2, 0) is 4.79 Å². The molecule has 1 rings (SSSR count). The van der Waals surface area contributed by atoms with Gasteiger partial charge in [0, 0.05) is 4.47 Å². The molecule has 0 heterocycles. The lowest BCUT2D eigenvalue weighted by Crippen LogP contribution is -2.40. The van der Waals surface area contributed by atoms with Crippen LogP contribution in [0.25, 0.3) is 0 Å². The molecule has 2 N–H and O–H groups in total. The summed E-state index contributed by atoms with van der Waals surface area (Å²) in [6.07, 6.45) is 0.319. The number of hydrogen-bond donors (Lipinski definition) is 2. The van der Waals surface area contributed by atoms with E-state index in [1.165, 1.54) is 7.11 Å². The Morgan fingerprint density at radius 3 is 2.67 bits per heavy atom. The molecule has 0 radical (unpaired) electrons. The van der Waals surface area contributed by atoms with Crippen molar-refractivity contribution in [1.29, 1.82) is 0 Å². The molecule has 0 saturated carbocycles. The van der Waals surface area contributed by atoms with Crippen LogP contribution >= 0.6 is 15.9 Å². The van der Waals surface area contributed by atoms with Crippen LogP contribution in [0.1, 0.15) is 23.7 Å². The van der Waals surface area contributed by atoms with Gasteiger partial charge in [-0.25, -0.2) is 4.79 Å². The fraction of sp³-hybridized carbons (Fsp3) is 0.333. The van der Waals surface area contributed by atoms with Gasteiger partial charge in [-0.15, -0.1) is 0 Å². The maximum atomic E-state index is 11.9. The number of carbonyl (C=O) groups is 2. The lowest BCUT2D eigenvalue weighted by molar-refractivity contribution is -0.139. The summed E-state index contributed by atoms with van der Waals surface area (Å²) in [4.78, 5) is 22.8. The number of aliphatic carboxylic acids is 1. The summed E-state index contributed by atoms with van der Waals surface area (Å²) in [5.74, 6) is -1.13. The number of carboxylic acids is 1. The van der Waals surface area contributed by atoms with Crippen molar-refractivity contribution in [3.05, 3.63) is 28.2 Å². The van der Waals surface area contributed by atoms with Gasteiger partial charge in [-0.05, 0) is 24.6 Å². The average molecular weight is 316 g/mol. The number of benzene rings is 1. The summed E-state index contributed by atoms with van der Waals surface area (Å²) < 4.78 is 5.86. The number of ether oxygens (including phenoxy) is 1. The van der Waals surface area contributed by atoms with E-state index in [1.807, 2.05) is 0 Å². The highest BCUT2D eigenvalue weighted by atomic mass is 79.9. The van der Waals surface area contributed by atoms with Gasteiger partial charge < -0.3 is 15.2 Å². The summed E-state index contributed by atoms with van der Waals surface area (Å²) in [5, 5.41) is 11.3. The maximum absolute atomic E-state index is 11.9. The van der Waals surface area contributed by atoms with E-state index in [4.69, 9.17) is 9.84 Å². The summed E-state index contributed by atoms with van der Waals surface area (Å²) in [5.41, 5.74) is 0.306. The number of carbonyl (C=O) groups excluding carboxylic acids is 1. The Kier molecular flexibility index (Phi) is 5.15. The van der Waals surface area contributed by atoms with Crippen LogP contribution in [0.15, 0.2) is 22.7 Å². The van der Waals surface area contributed by atoms with Gasteiger partial charge in [0.15, 0.2) is 0 Å². The molecular formula is C12H14BrNO4. The van der Waals surface area contributed by atoms with E-state index in [2.05, 4.69) is 21.2 Å². The van der Waals surface area contributed by atoms with Crippen molar-refractivity contribution in [2.75, 3.05) is 7.11 Å². The van der Waals surface area contributed by atoms with Crippen molar-refractivity contribution in [3.63, 3.8) is 0 Å². The molecule has 6 heteroatoms. The molecule has 5 nitrogen and oxygen atoms in total. The standard InChI is InChI=1S/C12H14BrNO4/c1-3-9(12(16)17)14-11(15)8-5-4-7(13)6-10(8)18-2/h4-6,9H,3H2,1-2H3,(H,14,15)(H,16,17)/t9-/m0/s1. The van der Waals surface area contributed by atoms with Crippen molar-refractivity contribution in [3.8, 4) is 5.75 Å². The van der Waals surface area contributed by atoms with Crippen molar-refractivity contribution in [1.82, 2.24) is 5.32 Å². The van der Waals surface area contributed by atoms with Gasteiger partial charge in [0.1, 0.15) is 11.8 Å². The molecular weight excluding hydrogens is 302 g/mol. The predicted molar refractivity (Wildman–Crippen MR) is 69.9 cm³/mol. The van der Waals surface area contributed by atoms with E-state index < -0.39 is 17.9 Å². The van der Waals surface area contributed by atoms with Crippen LogP contribution in [0.4, 0.5) is 0 Å². The number of halogens is 1. The number of carboxylic acid groups (broad SMARTS) is 1. The molecule has 0 saturated heterocycles. The first-order valence-corrected chi connectivity index (χ1v) is 6.16. The Balaban J connectivity index is 2.93. The molecule has 0 aromatic heterocycles. The molecule has 98 valence electrons. The second-order valence-electron chi connectivity index (χ2n) is 3.62. The molecule has 1 aromatic rings. The molecule has 0 aliphatic heterocycles. The van der Waals surface area contributed by atoms with E-state index in [9.17, 15) is 9.59 Å². The molecule has 0 unspecified atom stereocenters. The minimum absolute atomic E-state index is 0.306. The summed E-state index contributed by atoms with van der Waals surface area (Å²) in [6.45, 7) is 1.69. The second kappa shape index (κ2) is 6.39. The molecule has 0 aliphatic carbocycles. The summed E-state index contributed by atoms with van der Waals surface area (Å²) in [6, 6.07) is 4.02. The van der Waals surface area contributed by atoms with Crippen molar-refractivity contribution in [2.45, 2.75) is 19.4 Å². The topological polar surface area (TPSA) is 75.6 Å². The molecule has 1 amide bonds. The first-order valence-electron chi connectivity index (χ1n) is 5.36. The van der Waals surface area contributed by atoms with E-state index in [0.29, 0.717) is 17.7 Å². The Morgan fingerprint density at radius 1 is 1.50 bits per heavy atom. The maximum Gasteiger partial charge on any atom is 0.326 e. The van der Waals surface area contributed by atoms with Gasteiger partial charge in [0.25, 0.3) is 5.91 Å². The van der Waals surface area contributed by atoms with Crippen LogP contribution < -0.4 is 10.1 Å². The highest BCUT2D eigenvalue weighted by Gasteiger charge is 2.20. The average Bonchev–Trinajstić information content (AvgIpc) is 2.34. The Morgan fingerprint density at radius 2 is 2.17 bits per heavy atom. The lowest BCUT2D eigenvalue weighted by atomic mass is 10.1. The van der Waals surface area contributed by atoms with E-state index >= 15 is 0 Å². The largest absolute Gasteiger partial charge is 0.496 e. The second-order valence-corrected chi connectivity index (χ2v) is 4.53. The molecule has 0 spiro atoms. The van der Waals surface area contributed by atoms with Crippen LogP contribution in [0.3, 0.4) is 0 Å². The van der Waals surface area contributed by atoms with Crippen LogP contribution in [0.5, 0.6) is 5.75 Å². The summed E-state index contributed by atoms with van der Waals surface area (Å²) in [7, 11) is 1.45. The van der Waals surface area contributed by atoms with Gasteiger partial charge in [-0.1, -0.05) is 22.9 Å². The van der Waals surface area contributed by atoms with Crippen LogP contribution in [0.2, 0.25) is 0 Å². The highest BCUT2D eigenvalue weighted by molar-refractivity contribution is 9.10. The van der Waals surface area contributed by atoms with E-state index in [1.54, 1.807) is 25.1 Å². The fourth-order valence-corrected chi connectivity index (χ4v) is 1.77. The van der Waals surface area contributed by atoms with E-state index in [0.717, 1.165) is 4.47 Å². The number of amides is 1. The van der Waals surface area contributed by atoms with Crippen molar-refractivity contribution >= 4 is 27.8 Å². The fourth-order valence-electron chi connectivity index (χ4n) is 1.43. The van der Waals surface area contributed by atoms with Gasteiger partial charge in [0.05, 0.1) is 12.7 Å². The molecule has 0 bridgehead atoms. The SMILES string of the molecule is CC[C@H](NC(=O)c1ccc(Br)cc1OC)C(=O)O. The number of methoxy groups -OCH3 is 1. The zero-order valence-corrected chi connectivity index (χ0v) is 11.7. The molecule has 0 fully saturated rings. The molecule has 1 aromatic carbocycles. The van der Waals surface area contributed by atoms with Crippen LogP contribution in [0, 0.1) is 0 Å². The third-order valence-electron chi connectivity index (χ3n) is 2.42. The minimum Gasteiger partial charge on any atom is -0.496 e. The zero-order chi connectivity index (χ0) is 13.7.